The van der Waals surface area contributed by atoms with Gasteiger partial charge < -0.3 is 9.84 Å². The van der Waals surface area contributed by atoms with Crippen molar-refractivity contribution in [2.75, 3.05) is 7.11 Å². The second kappa shape index (κ2) is 4.22. The average molecular weight is 200 g/mol. The lowest BCUT2D eigenvalue weighted by Gasteiger charge is -2.25. The van der Waals surface area contributed by atoms with Crippen LogP contribution in [0.2, 0.25) is 0 Å². The highest BCUT2D eigenvalue weighted by Crippen LogP contribution is 2.28. The van der Waals surface area contributed by atoms with Crippen LogP contribution in [0.5, 0.6) is 0 Å². The molecule has 1 aromatic heterocycles. The third-order valence-electron chi connectivity index (χ3n) is 2.11. The maximum absolute atomic E-state index is 9.81. The van der Waals surface area contributed by atoms with E-state index in [-0.39, 0.29) is 5.60 Å². The number of thiophene rings is 1. The third-order valence-corrected chi connectivity index (χ3v) is 3.08. The first-order valence-electron chi connectivity index (χ1n) is 4.32. The van der Waals surface area contributed by atoms with Gasteiger partial charge in [-0.05, 0) is 25.3 Å². The minimum atomic E-state index is -0.407. The van der Waals surface area contributed by atoms with Crippen molar-refractivity contribution in [2.24, 2.45) is 0 Å². The van der Waals surface area contributed by atoms with E-state index in [1.165, 1.54) is 0 Å². The highest BCUT2D eigenvalue weighted by Gasteiger charge is 2.22. The molecular formula is C10H16O2S. The fourth-order valence-corrected chi connectivity index (χ4v) is 1.84. The van der Waals surface area contributed by atoms with E-state index < -0.39 is 6.10 Å². The lowest BCUT2D eigenvalue weighted by molar-refractivity contribution is -0.0193. The minimum Gasteiger partial charge on any atom is -0.387 e. The zero-order valence-corrected chi connectivity index (χ0v) is 9.10. The molecule has 0 saturated carbocycles. The van der Waals surface area contributed by atoms with Crippen molar-refractivity contribution in [2.45, 2.75) is 32.0 Å². The molecule has 2 nitrogen and oxygen atoms in total. The van der Waals surface area contributed by atoms with Crippen molar-refractivity contribution in [3.63, 3.8) is 0 Å². The van der Waals surface area contributed by atoms with Crippen molar-refractivity contribution in [3.05, 3.63) is 22.4 Å². The highest BCUT2D eigenvalue weighted by molar-refractivity contribution is 7.10. The zero-order valence-electron chi connectivity index (χ0n) is 8.28. The quantitative estimate of drug-likeness (QED) is 0.809. The van der Waals surface area contributed by atoms with Crippen LogP contribution in [-0.4, -0.2) is 17.8 Å². The molecule has 1 aromatic rings. The maximum Gasteiger partial charge on any atom is 0.0909 e. The number of rotatable bonds is 4. The van der Waals surface area contributed by atoms with Crippen LogP contribution < -0.4 is 0 Å². The van der Waals surface area contributed by atoms with Gasteiger partial charge in [0.05, 0.1) is 11.7 Å². The Morgan fingerprint density at radius 3 is 2.77 bits per heavy atom. The summed E-state index contributed by atoms with van der Waals surface area (Å²) in [5.74, 6) is 0. The van der Waals surface area contributed by atoms with Crippen molar-refractivity contribution in [1.29, 1.82) is 0 Å². The molecule has 0 amide bonds. The lowest BCUT2D eigenvalue weighted by Crippen LogP contribution is -2.25. The normalized spacial score (nSPS) is 14.5. The summed E-state index contributed by atoms with van der Waals surface area (Å²) in [4.78, 5) is 1.00. The summed E-state index contributed by atoms with van der Waals surface area (Å²) < 4.78 is 5.25. The monoisotopic (exact) mass is 200 g/mol. The molecule has 13 heavy (non-hydrogen) atoms. The third kappa shape index (κ3) is 3.10. The Balaban J connectivity index is 2.56. The molecule has 0 aliphatic carbocycles. The Morgan fingerprint density at radius 2 is 2.31 bits per heavy atom. The molecular weight excluding hydrogens is 184 g/mol. The average Bonchev–Trinajstić information content (AvgIpc) is 2.55. The predicted octanol–water partition coefficient (Wildman–Crippen LogP) is 2.60. The van der Waals surface area contributed by atoms with Crippen molar-refractivity contribution >= 4 is 11.3 Å². The second-order valence-electron chi connectivity index (χ2n) is 3.70. The van der Waals surface area contributed by atoms with E-state index in [1.54, 1.807) is 18.4 Å². The van der Waals surface area contributed by atoms with Gasteiger partial charge in [0.25, 0.3) is 0 Å². The molecule has 0 aliphatic rings. The fraction of sp³-hybridized carbons (Fsp3) is 0.600. The smallest absolute Gasteiger partial charge is 0.0909 e. The second-order valence-corrected chi connectivity index (χ2v) is 4.68. The summed E-state index contributed by atoms with van der Waals surface area (Å²) in [6.45, 7) is 3.95. The van der Waals surface area contributed by atoms with Crippen molar-refractivity contribution in [1.82, 2.24) is 0 Å². The van der Waals surface area contributed by atoms with Gasteiger partial charge in [-0.15, -0.1) is 11.3 Å². The topological polar surface area (TPSA) is 29.5 Å². The molecule has 1 atom stereocenters. The van der Waals surface area contributed by atoms with E-state index >= 15 is 0 Å². The molecule has 1 N–H and O–H groups in total. The molecule has 1 rings (SSSR count). The summed E-state index contributed by atoms with van der Waals surface area (Å²) in [5.41, 5.74) is -0.261. The standard InChI is InChI=1S/C10H16O2S/c1-10(2,12-3)7-8(11)9-5-4-6-13-9/h4-6,8,11H,7H2,1-3H3. The molecule has 1 heterocycles. The Labute approximate surface area is 83.2 Å². The van der Waals surface area contributed by atoms with Crippen LogP contribution in [0.15, 0.2) is 17.5 Å². The van der Waals surface area contributed by atoms with E-state index in [1.807, 2.05) is 31.4 Å². The molecule has 0 radical (unpaired) electrons. The molecule has 0 aromatic carbocycles. The molecule has 74 valence electrons. The summed E-state index contributed by atoms with van der Waals surface area (Å²) >= 11 is 1.58. The molecule has 0 saturated heterocycles. The summed E-state index contributed by atoms with van der Waals surface area (Å²) in [5, 5.41) is 11.8. The van der Waals surface area contributed by atoms with E-state index in [0.29, 0.717) is 6.42 Å². The van der Waals surface area contributed by atoms with Gasteiger partial charge in [-0.25, -0.2) is 0 Å². The predicted molar refractivity (Wildman–Crippen MR) is 55.0 cm³/mol. The first-order chi connectivity index (χ1) is 6.05. The number of hydrogen-bond acceptors (Lipinski definition) is 3. The zero-order chi connectivity index (χ0) is 9.90. The van der Waals surface area contributed by atoms with Crippen molar-refractivity contribution in [3.8, 4) is 0 Å². The van der Waals surface area contributed by atoms with Crippen molar-refractivity contribution < 1.29 is 9.84 Å². The van der Waals surface area contributed by atoms with E-state index in [2.05, 4.69) is 0 Å². The Hall–Kier alpha value is -0.380. The number of aliphatic hydroxyl groups excluding tert-OH is 1. The molecule has 0 fully saturated rings. The Bertz CT molecular complexity index is 241. The largest absolute Gasteiger partial charge is 0.387 e. The van der Waals surface area contributed by atoms with Crippen LogP contribution in [-0.2, 0) is 4.74 Å². The van der Waals surface area contributed by atoms with Crippen LogP contribution in [0.3, 0.4) is 0 Å². The van der Waals surface area contributed by atoms with Gasteiger partial charge in [0.1, 0.15) is 0 Å². The van der Waals surface area contributed by atoms with Gasteiger partial charge in [-0.3, -0.25) is 0 Å². The Kier molecular flexibility index (Phi) is 3.47. The number of aliphatic hydroxyl groups is 1. The number of ether oxygens (including phenoxy) is 1. The Morgan fingerprint density at radius 1 is 1.62 bits per heavy atom. The van der Waals surface area contributed by atoms with Gasteiger partial charge in [0, 0.05) is 18.4 Å². The maximum atomic E-state index is 9.81. The molecule has 0 aliphatic heterocycles. The van der Waals surface area contributed by atoms with E-state index in [0.717, 1.165) is 4.88 Å². The number of hydrogen-bond donors (Lipinski definition) is 1. The molecule has 0 bridgehead atoms. The molecule has 3 heteroatoms. The molecule has 0 spiro atoms. The molecule has 1 unspecified atom stereocenters. The summed E-state index contributed by atoms with van der Waals surface area (Å²) in [7, 11) is 1.67. The SMILES string of the molecule is COC(C)(C)CC(O)c1cccs1. The van der Waals surface area contributed by atoms with Gasteiger partial charge in [0.2, 0.25) is 0 Å². The first-order valence-corrected chi connectivity index (χ1v) is 5.20. The van der Waals surface area contributed by atoms with Gasteiger partial charge in [0.15, 0.2) is 0 Å². The van der Waals surface area contributed by atoms with E-state index in [4.69, 9.17) is 4.74 Å². The highest BCUT2D eigenvalue weighted by atomic mass is 32.1. The van der Waals surface area contributed by atoms with Crippen LogP contribution in [0.4, 0.5) is 0 Å². The summed E-state index contributed by atoms with van der Waals surface area (Å²) in [6, 6.07) is 3.89. The minimum absolute atomic E-state index is 0.261. The van der Waals surface area contributed by atoms with Gasteiger partial charge >= 0.3 is 0 Å². The van der Waals surface area contributed by atoms with Crippen LogP contribution in [0.25, 0.3) is 0 Å². The first kappa shape index (κ1) is 10.7. The van der Waals surface area contributed by atoms with Gasteiger partial charge in [-0.2, -0.15) is 0 Å². The van der Waals surface area contributed by atoms with Crippen LogP contribution in [0.1, 0.15) is 31.2 Å². The lowest BCUT2D eigenvalue weighted by atomic mass is 10.00. The summed E-state index contributed by atoms with van der Waals surface area (Å²) in [6.07, 6.45) is 0.222. The number of methoxy groups -OCH3 is 1. The van der Waals surface area contributed by atoms with E-state index in [9.17, 15) is 5.11 Å². The van der Waals surface area contributed by atoms with Crippen LogP contribution >= 0.6 is 11.3 Å². The van der Waals surface area contributed by atoms with Gasteiger partial charge in [-0.1, -0.05) is 6.07 Å². The fourth-order valence-electron chi connectivity index (χ4n) is 1.13. The van der Waals surface area contributed by atoms with Crippen LogP contribution in [0, 0.1) is 0 Å².